The lowest BCUT2D eigenvalue weighted by molar-refractivity contribution is -0.116. The molecule has 0 saturated carbocycles. The molecule has 0 unspecified atom stereocenters. The molecule has 70 valence electrons. The minimum absolute atomic E-state index is 0.0103. The summed E-state index contributed by atoms with van der Waals surface area (Å²) >= 11 is 0. The molecule has 1 nitrogen and oxygen atoms in total. The highest BCUT2D eigenvalue weighted by Gasteiger charge is 2.07. The van der Waals surface area contributed by atoms with E-state index in [0.29, 0.717) is 11.1 Å². The Hall–Kier alpha value is -1.18. The third-order valence-corrected chi connectivity index (χ3v) is 1.91. The van der Waals surface area contributed by atoms with Gasteiger partial charge in [-0.1, -0.05) is 17.7 Å². The highest BCUT2D eigenvalue weighted by molar-refractivity contribution is 5.78. The molecule has 0 radical (unpaired) electrons. The fourth-order valence-electron chi connectivity index (χ4n) is 1.43. The molecular formula is C11H13FO. The molecule has 2 heteroatoms. The zero-order valence-corrected chi connectivity index (χ0v) is 8.15. The van der Waals surface area contributed by atoms with E-state index in [1.54, 1.807) is 19.1 Å². The fourth-order valence-corrected chi connectivity index (χ4v) is 1.43. The molecule has 0 atom stereocenters. The predicted octanol–water partition coefficient (Wildman–Crippen LogP) is 2.57. The average Bonchev–Trinajstić information content (AvgIpc) is 1.98. The molecule has 0 heterocycles. The Morgan fingerprint density at radius 2 is 2.00 bits per heavy atom. The number of hydrogen-bond donors (Lipinski definition) is 0. The second kappa shape index (κ2) is 3.69. The van der Waals surface area contributed by atoms with Crippen LogP contribution in [0.15, 0.2) is 12.1 Å². The molecule has 0 aliphatic heterocycles. The molecule has 0 amide bonds. The number of carbonyl (C=O) groups is 1. The molecule has 0 N–H and O–H groups in total. The van der Waals surface area contributed by atoms with Crippen molar-refractivity contribution in [3.63, 3.8) is 0 Å². The number of aryl methyl sites for hydroxylation is 2. The molecule has 0 saturated heterocycles. The molecule has 0 fully saturated rings. The summed E-state index contributed by atoms with van der Waals surface area (Å²) in [4.78, 5) is 10.8. The largest absolute Gasteiger partial charge is 0.300 e. The maximum absolute atomic E-state index is 13.4. The van der Waals surface area contributed by atoms with Crippen molar-refractivity contribution in [1.82, 2.24) is 0 Å². The van der Waals surface area contributed by atoms with Crippen molar-refractivity contribution in [2.75, 3.05) is 0 Å². The standard InChI is InChI=1S/C11H13FO/c1-7-4-8(2)11(12)10(5-7)6-9(3)13/h4-5H,6H2,1-3H3. The maximum atomic E-state index is 13.4. The quantitative estimate of drug-likeness (QED) is 0.683. The van der Waals surface area contributed by atoms with E-state index in [4.69, 9.17) is 0 Å². The number of carbonyl (C=O) groups excluding carboxylic acids is 1. The van der Waals surface area contributed by atoms with Gasteiger partial charge < -0.3 is 0 Å². The lowest BCUT2D eigenvalue weighted by atomic mass is 10.0. The Kier molecular flexibility index (Phi) is 2.81. The van der Waals surface area contributed by atoms with Gasteiger partial charge in [0.05, 0.1) is 0 Å². The van der Waals surface area contributed by atoms with Crippen molar-refractivity contribution in [1.29, 1.82) is 0 Å². The van der Waals surface area contributed by atoms with Crippen molar-refractivity contribution < 1.29 is 9.18 Å². The van der Waals surface area contributed by atoms with Crippen LogP contribution in [0.25, 0.3) is 0 Å². The van der Waals surface area contributed by atoms with Crippen molar-refractivity contribution in [2.45, 2.75) is 27.2 Å². The van der Waals surface area contributed by atoms with Gasteiger partial charge in [-0.3, -0.25) is 4.79 Å². The summed E-state index contributed by atoms with van der Waals surface area (Å²) in [6.45, 7) is 5.08. The first kappa shape index (κ1) is 9.90. The SMILES string of the molecule is CC(=O)Cc1cc(C)cc(C)c1F. The van der Waals surface area contributed by atoms with E-state index >= 15 is 0 Å². The second-order valence-corrected chi connectivity index (χ2v) is 3.43. The molecule has 1 aromatic carbocycles. The van der Waals surface area contributed by atoms with Gasteiger partial charge in [0.25, 0.3) is 0 Å². The van der Waals surface area contributed by atoms with Crippen LogP contribution in [-0.2, 0) is 11.2 Å². The Morgan fingerprint density at radius 1 is 1.38 bits per heavy atom. The molecule has 0 aliphatic rings. The Bertz CT molecular complexity index is 342. The Morgan fingerprint density at radius 3 is 2.54 bits per heavy atom. The van der Waals surface area contributed by atoms with Crippen LogP contribution in [0, 0.1) is 19.7 Å². The van der Waals surface area contributed by atoms with Crippen molar-refractivity contribution in [2.24, 2.45) is 0 Å². The smallest absolute Gasteiger partial charge is 0.134 e. The number of rotatable bonds is 2. The number of benzene rings is 1. The van der Waals surface area contributed by atoms with Gasteiger partial charge in [0.2, 0.25) is 0 Å². The number of Topliss-reactive ketones (excluding diaryl/α,β-unsaturated/α-hetero) is 1. The van der Waals surface area contributed by atoms with Crippen LogP contribution >= 0.6 is 0 Å². The topological polar surface area (TPSA) is 17.1 Å². The minimum Gasteiger partial charge on any atom is -0.300 e. The summed E-state index contributed by atoms with van der Waals surface area (Å²) in [5, 5.41) is 0. The third kappa shape index (κ3) is 2.38. The molecule has 13 heavy (non-hydrogen) atoms. The van der Waals surface area contributed by atoms with Crippen LogP contribution in [-0.4, -0.2) is 5.78 Å². The van der Waals surface area contributed by atoms with E-state index in [1.165, 1.54) is 6.92 Å². The fraction of sp³-hybridized carbons (Fsp3) is 0.364. The molecule has 0 aliphatic carbocycles. The van der Waals surface area contributed by atoms with Crippen LogP contribution in [0.4, 0.5) is 4.39 Å². The van der Waals surface area contributed by atoms with Crippen LogP contribution in [0.5, 0.6) is 0 Å². The van der Waals surface area contributed by atoms with E-state index in [2.05, 4.69) is 0 Å². The number of ketones is 1. The number of hydrogen-bond acceptors (Lipinski definition) is 1. The van der Waals surface area contributed by atoms with Crippen LogP contribution in [0.1, 0.15) is 23.6 Å². The van der Waals surface area contributed by atoms with Crippen LogP contribution in [0.2, 0.25) is 0 Å². The molecule has 0 aromatic heterocycles. The zero-order chi connectivity index (χ0) is 10.0. The Labute approximate surface area is 77.6 Å². The first-order valence-corrected chi connectivity index (χ1v) is 4.25. The summed E-state index contributed by atoms with van der Waals surface area (Å²) < 4.78 is 13.4. The summed E-state index contributed by atoms with van der Waals surface area (Å²) in [6, 6.07) is 3.50. The van der Waals surface area contributed by atoms with E-state index in [9.17, 15) is 9.18 Å². The minimum atomic E-state index is -0.249. The summed E-state index contributed by atoms with van der Waals surface area (Å²) in [6.07, 6.45) is 0.189. The molecular weight excluding hydrogens is 167 g/mol. The van der Waals surface area contributed by atoms with E-state index < -0.39 is 0 Å². The first-order chi connectivity index (χ1) is 6.00. The maximum Gasteiger partial charge on any atom is 0.134 e. The normalized spacial score (nSPS) is 10.2. The van der Waals surface area contributed by atoms with E-state index in [1.807, 2.05) is 6.92 Å². The van der Waals surface area contributed by atoms with E-state index in [-0.39, 0.29) is 18.0 Å². The van der Waals surface area contributed by atoms with Crippen LogP contribution < -0.4 is 0 Å². The molecule has 0 bridgehead atoms. The lowest BCUT2D eigenvalue weighted by Gasteiger charge is -2.05. The van der Waals surface area contributed by atoms with Crippen LogP contribution in [0.3, 0.4) is 0 Å². The van der Waals surface area contributed by atoms with Gasteiger partial charge in [0.1, 0.15) is 11.6 Å². The Balaban J connectivity index is 3.12. The van der Waals surface area contributed by atoms with Gasteiger partial charge in [-0.25, -0.2) is 4.39 Å². The highest BCUT2D eigenvalue weighted by Crippen LogP contribution is 2.15. The lowest BCUT2D eigenvalue weighted by Crippen LogP contribution is -2.01. The molecule has 0 spiro atoms. The van der Waals surface area contributed by atoms with Gasteiger partial charge in [-0.15, -0.1) is 0 Å². The molecule has 1 rings (SSSR count). The first-order valence-electron chi connectivity index (χ1n) is 4.25. The van der Waals surface area contributed by atoms with E-state index in [0.717, 1.165) is 5.56 Å². The summed E-state index contributed by atoms with van der Waals surface area (Å²) in [5.41, 5.74) is 2.11. The highest BCUT2D eigenvalue weighted by atomic mass is 19.1. The second-order valence-electron chi connectivity index (χ2n) is 3.43. The van der Waals surface area contributed by atoms with Crippen molar-refractivity contribution in [3.8, 4) is 0 Å². The zero-order valence-electron chi connectivity index (χ0n) is 8.15. The van der Waals surface area contributed by atoms with Gasteiger partial charge in [-0.2, -0.15) is 0 Å². The van der Waals surface area contributed by atoms with Gasteiger partial charge >= 0.3 is 0 Å². The van der Waals surface area contributed by atoms with Crippen molar-refractivity contribution in [3.05, 3.63) is 34.6 Å². The monoisotopic (exact) mass is 180 g/mol. The van der Waals surface area contributed by atoms with Gasteiger partial charge in [-0.05, 0) is 31.9 Å². The van der Waals surface area contributed by atoms with Gasteiger partial charge in [0.15, 0.2) is 0 Å². The summed E-state index contributed by atoms with van der Waals surface area (Å²) in [5.74, 6) is -0.260. The third-order valence-electron chi connectivity index (χ3n) is 1.91. The van der Waals surface area contributed by atoms with Crippen molar-refractivity contribution >= 4 is 5.78 Å². The summed E-state index contributed by atoms with van der Waals surface area (Å²) in [7, 11) is 0. The van der Waals surface area contributed by atoms with Gasteiger partial charge in [0, 0.05) is 6.42 Å². The number of halogens is 1. The average molecular weight is 180 g/mol. The predicted molar refractivity (Wildman–Crippen MR) is 50.3 cm³/mol. The molecule has 1 aromatic rings.